The molecular formula is C13H26N2O. The van der Waals surface area contributed by atoms with Crippen LogP contribution >= 0.6 is 0 Å². The van der Waals surface area contributed by atoms with Crippen LogP contribution in [0.4, 0.5) is 0 Å². The van der Waals surface area contributed by atoms with Crippen LogP contribution in [0.3, 0.4) is 0 Å². The Balaban J connectivity index is 2.71. The van der Waals surface area contributed by atoms with Crippen LogP contribution in [0.5, 0.6) is 0 Å². The van der Waals surface area contributed by atoms with Crippen molar-refractivity contribution in [3.63, 3.8) is 0 Å². The fourth-order valence-corrected chi connectivity index (χ4v) is 2.59. The maximum Gasteiger partial charge on any atom is 0.227 e. The summed E-state index contributed by atoms with van der Waals surface area (Å²) in [6.07, 6.45) is 4.83. The van der Waals surface area contributed by atoms with Gasteiger partial charge in [-0.1, -0.05) is 33.6 Å². The summed E-state index contributed by atoms with van der Waals surface area (Å²) in [7, 11) is 3.95. The lowest BCUT2D eigenvalue weighted by molar-refractivity contribution is -0.141. The van der Waals surface area contributed by atoms with Crippen LogP contribution in [0.1, 0.15) is 46.5 Å². The highest BCUT2D eigenvalue weighted by Gasteiger charge is 2.34. The summed E-state index contributed by atoms with van der Waals surface area (Å²) in [4.78, 5) is 14.2. The fourth-order valence-electron chi connectivity index (χ4n) is 2.59. The van der Waals surface area contributed by atoms with E-state index >= 15 is 0 Å². The molecule has 1 fully saturated rings. The van der Waals surface area contributed by atoms with E-state index in [9.17, 15) is 4.79 Å². The average Bonchev–Trinajstić information content (AvgIpc) is 2.25. The Morgan fingerprint density at radius 3 is 2.31 bits per heavy atom. The van der Waals surface area contributed by atoms with Gasteiger partial charge in [0.25, 0.3) is 0 Å². The Morgan fingerprint density at radius 2 is 1.81 bits per heavy atom. The highest BCUT2D eigenvalue weighted by atomic mass is 16.2. The van der Waals surface area contributed by atoms with Gasteiger partial charge in [0.15, 0.2) is 0 Å². The number of nitrogens with one attached hydrogen (secondary N) is 1. The highest BCUT2D eigenvalue weighted by Crippen LogP contribution is 2.26. The number of hydrogen-bond acceptors (Lipinski definition) is 2. The van der Waals surface area contributed by atoms with Crippen LogP contribution in [0, 0.1) is 5.41 Å². The molecule has 16 heavy (non-hydrogen) atoms. The summed E-state index contributed by atoms with van der Waals surface area (Å²) < 4.78 is 0. The zero-order valence-corrected chi connectivity index (χ0v) is 11.3. The summed E-state index contributed by atoms with van der Waals surface area (Å²) in [5.41, 5.74) is -0.273. The van der Waals surface area contributed by atoms with Gasteiger partial charge >= 0.3 is 0 Å². The predicted octanol–water partition coefficient (Wildman–Crippen LogP) is 2.02. The normalized spacial score (nSPS) is 26.6. The number of rotatable bonds is 2. The van der Waals surface area contributed by atoms with Crippen molar-refractivity contribution >= 4 is 5.91 Å². The Hall–Kier alpha value is -0.570. The predicted molar refractivity (Wildman–Crippen MR) is 67.3 cm³/mol. The van der Waals surface area contributed by atoms with Crippen molar-refractivity contribution in [3.05, 3.63) is 0 Å². The monoisotopic (exact) mass is 226 g/mol. The van der Waals surface area contributed by atoms with Crippen molar-refractivity contribution in [2.45, 2.75) is 58.5 Å². The molecule has 0 saturated heterocycles. The summed E-state index contributed by atoms with van der Waals surface area (Å²) in [6, 6.07) is 0.829. The van der Waals surface area contributed by atoms with Gasteiger partial charge in [-0.05, 0) is 19.9 Å². The van der Waals surface area contributed by atoms with E-state index in [2.05, 4.69) is 5.32 Å². The molecule has 2 atom stereocenters. The maximum absolute atomic E-state index is 12.2. The van der Waals surface area contributed by atoms with Gasteiger partial charge in [0.2, 0.25) is 5.91 Å². The van der Waals surface area contributed by atoms with Gasteiger partial charge in [-0.15, -0.1) is 0 Å². The quantitative estimate of drug-likeness (QED) is 0.781. The topological polar surface area (TPSA) is 32.3 Å². The molecule has 2 unspecified atom stereocenters. The highest BCUT2D eigenvalue weighted by molar-refractivity contribution is 5.81. The van der Waals surface area contributed by atoms with Gasteiger partial charge in [0, 0.05) is 24.5 Å². The molecule has 1 aliphatic carbocycles. The molecule has 0 aromatic carbocycles. The summed E-state index contributed by atoms with van der Waals surface area (Å²) in [5.74, 6) is 0.250. The molecule has 0 spiro atoms. The first-order valence-electron chi connectivity index (χ1n) is 6.32. The van der Waals surface area contributed by atoms with E-state index in [0.29, 0.717) is 12.1 Å². The van der Waals surface area contributed by atoms with Crippen LogP contribution < -0.4 is 5.32 Å². The number of carbonyl (C=O) groups is 1. The summed E-state index contributed by atoms with van der Waals surface area (Å²) >= 11 is 0. The molecule has 1 rings (SSSR count). The van der Waals surface area contributed by atoms with E-state index in [1.807, 2.05) is 39.8 Å². The van der Waals surface area contributed by atoms with Crippen LogP contribution in [0.2, 0.25) is 0 Å². The number of likely N-dealkylation sites (N-methyl/N-ethyl adjacent to an activating group) is 2. The molecule has 0 heterocycles. The standard InChI is InChI=1S/C13H26N2O/c1-13(2,3)12(16)15(5)11-9-7-6-8-10(11)14-4/h10-11,14H,6-9H2,1-5H3. The molecule has 1 amide bonds. The maximum atomic E-state index is 12.2. The molecule has 1 aliphatic rings. The van der Waals surface area contributed by atoms with E-state index in [1.54, 1.807) is 0 Å². The molecule has 0 aromatic rings. The smallest absolute Gasteiger partial charge is 0.227 e. The second-order valence-corrected chi connectivity index (χ2v) is 5.91. The van der Waals surface area contributed by atoms with E-state index < -0.39 is 0 Å². The first-order valence-corrected chi connectivity index (χ1v) is 6.32. The van der Waals surface area contributed by atoms with Crippen LogP contribution in [-0.2, 0) is 4.79 Å². The van der Waals surface area contributed by atoms with Crippen LogP contribution in [0.25, 0.3) is 0 Å². The Bertz CT molecular complexity index is 245. The molecular weight excluding hydrogens is 200 g/mol. The summed E-state index contributed by atoms with van der Waals surface area (Å²) in [5, 5.41) is 3.35. The third-order valence-electron chi connectivity index (χ3n) is 3.56. The molecule has 94 valence electrons. The van der Waals surface area contributed by atoms with Crippen molar-refractivity contribution in [2.24, 2.45) is 5.41 Å². The van der Waals surface area contributed by atoms with Crippen molar-refractivity contribution in [3.8, 4) is 0 Å². The zero-order valence-electron chi connectivity index (χ0n) is 11.3. The van der Waals surface area contributed by atoms with Gasteiger partial charge in [-0.25, -0.2) is 0 Å². The van der Waals surface area contributed by atoms with Crippen molar-refractivity contribution in [1.82, 2.24) is 10.2 Å². The van der Waals surface area contributed by atoms with Gasteiger partial charge in [0.1, 0.15) is 0 Å². The third-order valence-corrected chi connectivity index (χ3v) is 3.56. The molecule has 0 aromatic heterocycles. The van der Waals surface area contributed by atoms with Gasteiger partial charge < -0.3 is 10.2 Å². The molecule has 1 N–H and O–H groups in total. The fraction of sp³-hybridized carbons (Fsp3) is 0.923. The van der Waals surface area contributed by atoms with Crippen molar-refractivity contribution in [1.29, 1.82) is 0 Å². The van der Waals surface area contributed by atoms with Crippen LogP contribution in [-0.4, -0.2) is 37.0 Å². The molecule has 0 bridgehead atoms. The Morgan fingerprint density at radius 1 is 1.25 bits per heavy atom. The lowest BCUT2D eigenvalue weighted by Gasteiger charge is -2.40. The molecule has 3 heteroatoms. The lowest BCUT2D eigenvalue weighted by Crippen LogP contribution is -2.53. The molecule has 0 aliphatic heterocycles. The van der Waals surface area contributed by atoms with Gasteiger partial charge in [-0.3, -0.25) is 4.79 Å². The average molecular weight is 226 g/mol. The first kappa shape index (κ1) is 13.5. The van der Waals surface area contributed by atoms with E-state index in [4.69, 9.17) is 0 Å². The molecule has 3 nitrogen and oxygen atoms in total. The summed E-state index contributed by atoms with van der Waals surface area (Å²) in [6.45, 7) is 5.97. The largest absolute Gasteiger partial charge is 0.341 e. The SMILES string of the molecule is CNC1CCCCC1N(C)C(=O)C(C)(C)C. The minimum atomic E-state index is -0.273. The molecule has 0 radical (unpaired) electrons. The zero-order chi connectivity index (χ0) is 12.3. The molecule has 1 saturated carbocycles. The van der Waals surface area contributed by atoms with Crippen molar-refractivity contribution in [2.75, 3.05) is 14.1 Å². The number of amides is 1. The number of carbonyl (C=O) groups excluding carboxylic acids is 1. The van der Waals surface area contributed by atoms with Gasteiger partial charge in [-0.2, -0.15) is 0 Å². The number of nitrogens with zero attached hydrogens (tertiary/aromatic N) is 1. The minimum Gasteiger partial charge on any atom is -0.341 e. The van der Waals surface area contributed by atoms with Crippen LogP contribution in [0.15, 0.2) is 0 Å². The van der Waals surface area contributed by atoms with Gasteiger partial charge in [0.05, 0.1) is 0 Å². The Labute approximate surface area is 99.6 Å². The van der Waals surface area contributed by atoms with E-state index in [0.717, 1.165) is 6.42 Å². The Kier molecular flexibility index (Phi) is 4.36. The first-order chi connectivity index (χ1) is 7.38. The lowest BCUT2D eigenvalue weighted by atomic mass is 9.87. The van der Waals surface area contributed by atoms with E-state index in [1.165, 1.54) is 19.3 Å². The second-order valence-electron chi connectivity index (χ2n) is 5.91. The third kappa shape index (κ3) is 2.97. The number of hydrogen-bond donors (Lipinski definition) is 1. The second kappa shape index (κ2) is 5.17. The van der Waals surface area contributed by atoms with E-state index in [-0.39, 0.29) is 11.3 Å². The van der Waals surface area contributed by atoms with Crippen molar-refractivity contribution < 1.29 is 4.79 Å². The minimum absolute atomic E-state index is 0.250.